The van der Waals surface area contributed by atoms with Crippen molar-refractivity contribution in [1.82, 2.24) is 10.3 Å². The summed E-state index contributed by atoms with van der Waals surface area (Å²) in [6, 6.07) is 51.0. The van der Waals surface area contributed by atoms with Gasteiger partial charge in [-0.05, 0) is 73.8 Å². The molecule has 1 unspecified atom stereocenters. The van der Waals surface area contributed by atoms with Gasteiger partial charge in [-0.1, -0.05) is 115 Å². The fourth-order valence-corrected chi connectivity index (χ4v) is 7.27. The summed E-state index contributed by atoms with van der Waals surface area (Å²) in [4.78, 5) is 14.7. The highest BCUT2D eigenvalue weighted by molar-refractivity contribution is 6.25. The van der Waals surface area contributed by atoms with Crippen LogP contribution in [0.5, 0.6) is 0 Å². The first kappa shape index (κ1) is 27.5. The molecule has 5 heteroatoms. The molecule has 1 N–H and O–H groups in total. The number of aliphatic imine (C=N–C) groups is 2. The normalized spacial score (nSPS) is 14.7. The van der Waals surface area contributed by atoms with Crippen LogP contribution in [0.3, 0.4) is 0 Å². The van der Waals surface area contributed by atoms with Gasteiger partial charge in [-0.25, -0.2) is 9.98 Å². The quantitative estimate of drug-likeness (QED) is 0.197. The van der Waals surface area contributed by atoms with Crippen LogP contribution in [0.1, 0.15) is 22.9 Å². The lowest BCUT2D eigenvalue weighted by atomic mass is 9.91. The number of hydrogen-bond donors (Lipinski definition) is 1. The average Bonchev–Trinajstić information content (AvgIpc) is 3.57. The third kappa shape index (κ3) is 4.51. The van der Waals surface area contributed by atoms with Crippen LogP contribution in [0.15, 0.2) is 172 Å². The lowest BCUT2D eigenvalue weighted by molar-refractivity contribution is 0.667. The number of amidine groups is 2. The molecular weight excluding hydrogens is 601 g/mol. The van der Waals surface area contributed by atoms with Crippen molar-refractivity contribution in [2.75, 3.05) is 0 Å². The van der Waals surface area contributed by atoms with Gasteiger partial charge < -0.3 is 9.73 Å². The molecule has 9 aromatic rings. The summed E-state index contributed by atoms with van der Waals surface area (Å²) < 4.78 is 6.73. The topological polar surface area (TPSA) is 62.8 Å². The zero-order chi connectivity index (χ0) is 32.3. The molecule has 5 nitrogen and oxygen atoms in total. The number of hydrogen-bond acceptors (Lipinski definition) is 5. The maximum atomic E-state index is 6.73. The van der Waals surface area contributed by atoms with E-state index in [1.54, 1.807) is 6.20 Å². The minimum absolute atomic E-state index is 0.341. The molecule has 0 saturated carbocycles. The number of nitrogens with zero attached hydrogens (tertiary/aromatic N) is 3. The van der Waals surface area contributed by atoms with Crippen molar-refractivity contribution in [3.63, 3.8) is 0 Å². The van der Waals surface area contributed by atoms with Crippen molar-refractivity contribution >= 4 is 65.9 Å². The van der Waals surface area contributed by atoms with Crippen molar-refractivity contribution in [2.45, 2.75) is 6.17 Å². The first-order valence-electron chi connectivity index (χ1n) is 16.5. The molecule has 1 atom stereocenters. The molecule has 230 valence electrons. The Morgan fingerprint density at radius 1 is 0.551 bits per heavy atom. The lowest BCUT2D eigenvalue weighted by Gasteiger charge is -2.24. The van der Waals surface area contributed by atoms with Crippen molar-refractivity contribution in [3.8, 4) is 11.1 Å². The number of pyridine rings is 1. The van der Waals surface area contributed by atoms with E-state index in [9.17, 15) is 0 Å². The number of aromatic nitrogens is 1. The molecule has 0 radical (unpaired) electrons. The minimum atomic E-state index is -0.341. The number of nitrogens with one attached hydrogen (secondary N) is 1. The van der Waals surface area contributed by atoms with Crippen molar-refractivity contribution in [3.05, 3.63) is 175 Å². The highest BCUT2D eigenvalue weighted by atomic mass is 16.3. The Balaban J connectivity index is 1.21. The second-order valence-electron chi connectivity index (χ2n) is 12.5. The Bertz CT molecular complexity index is 2810. The van der Waals surface area contributed by atoms with Gasteiger partial charge in [-0.15, -0.1) is 0 Å². The molecule has 0 fully saturated rings. The molecule has 0 spiro atoms. The van der Waals surface area contributed by atoms with Gasteiger partial charge in [0.15, 0.2) is 11.4 Å². The van der Waals surface area contributed by atoms with Crippen LogP contribution in [-0.2, 0) is 0 Å². The maximum absolute atomic E-state index is 6.73. The standard InChI is InChI=1S/C44H28N4O/c1-2-11-28(12-3-1)42-46-43(31-19-18-27-10-4-5-13-29(27)24-31)48-44(47-42)37-21-20-35(41-40(37)36-22-23-45-26-39(36)49-41)38-25-30-14-6-7-15-32(30)33-16-8-9-17-34(33)38/h1-26,43H,(H,46,47,48). The Labute approximate surface area is 281 Å². The molecule has 1 aliphatic rings. The average molecular weight is 629 g/mol. The highest BCUT2D eigenvalue weighted by Gasteiger charge is 2.26. The van der Waals surface area contributed by atoms with E-state index in [4.69, 9.17) is 14.4 Å². The second kappa shape index (κ2) is 11.0. The fraction of sp³-hybridized carbons (Fsp3) is 0.0227. The van der Waals surface area contributed by atoms with Gasteiger partial charge in [0.2, 0.25) is 0 Å². The summed E-state index contributed by atoms with van der Waals surface area (Å²) in [7, 11) is 0. The molecular formula is C44H28N4O. The second-order valence-corrected chi connectivity index (χ2v) is 12.5. The third-order valence-corrected chi connectivity index (χ3v) is 9.60. The van der Waals surface area contributed by atoms with Crippen LogP contribution >= 0.6 is 0 Å². The Kier molecular flexibility index (Phi) is 6.18. The van der Waals surface area contributed by atoms with Crippen molar-refractivity contribution < 1.29 is 4.42 Å². The molecule has 49 heavy (non-hydrogen) atoms. The summed E-state index contributed by atoms with van der Waals surface area (Å²) in [5.41, 5.74) is 6.66. The molecule has 0 bridgehead atoms. The molecule has 0 saturated heterocycles. The molecule has 7 aromatic carbocycles. The largest absolute Gasteiger partial charge is 0.454 e. The van der Waals surface area contributed by atoms with E-state index in [0.717, 1.165) is 55.6 Å². The first-order valence-corrected chi connectivity index (χ1v) is 16.5. The van der Waals surface area contributed by atoms with E-state index < -0.39 is 0 Å². The van der Waals surface area contributed by atoms with Gasteiger partial charge >= 0.3 is 0 Å². The number of fused-ring (bicyclic) bond motifs is 7. The van der Waals surface area contributed by atoms with Crippen LogP contribution in [0.2, 0.25) is 0 Å². The van der Waals surface area contributed by atoms with E-state index in [1.165, 1.54) is 32.3 Å². The first-order chi connectivity index (χ1) is 24.3. The van der Waals surface area contributed by atoms with Crippen LogP contribution in [-0.4, -0.2) is 16.7 Å². The molecule has 2 aromatic heterocycles. The smallest absolute Gasteiger partial charge is 0.159 e. The Morgan fingerprint density at radius 2 is 1.29 bits per heavy atom. The summed E-state index contributed by atoms with van der Waals surface area (Å²) in [6.45, 7) is 0. The van der Waals surface area contributed by atoms with Gasteiger partial charge in [0.25, 0.3) is 0 Å². The molecule has 10 rings (SSSR count). The molecule has 0 amide bonds. The maximum Gasteiger partial charge on any atom is 0.159 e. The minimum Gasteiger partial charge on any atom is -0.454 e. The zero-order valence-electron chi connectivity index (χ0n) is 26.3. The van der Waals surface area contributed by atoms with Crippen molar-refractivity contribution in [1.29, 1.82) is 0 Å². The van der Waals surface area contributed by atoms with Gasteiger partial charge in [0.1, 0.15) is 17.6 Å². The molecule has 3 heterocycles. The van der Waals surface area contributed by atoms with Gasteiger partial charge in [0.05, 0.1) is 6.20 Å². The van der Waals surface area contributed by atoms with Gasteiger partial charge in [0, 0.05) is 33.7 Å². The number of benzene rings is 7. The third-order valence-electron chi connectivity index (χ3n) is 9.60. The van der Waals surface area contributed by atoms with Crippen LogP contribution < -0.4 is 5.32 Å². The molecule has 1 aliphatic heterocycles. The van der Waals surface area contributed by atoms with Crippen LogP contribution in [0.4, 0.5) is 0 Å². The van der Waals surface area contributed by atoms with E-state index in [-0.39, 0.29) is 6.17 Å². The predicted molar refractivity (Wildman–Crippen MR) is 201 cm³/mol. The fourth-order valence-electron chi connectivity index (χ4n) is 7.27. The van der Waals surface area contributed by atoms with E-state index in [0.29, 0.717) is 5.84 Å². The van der Waals surface area contributed by atoms with Crippen molar-refractivity contribution in [2.24, 2.45) is 9.98 Å². The SMILES string of the molecule is c1ccc(C2=NC(c3ccc4ccccc4c3)NC(c3ccc(-c4cc5ccccc5c5ccccc45)c4oc5cnccc5c34)=N2)cc1. The zero-order valence-corrected chi connectivity index (χ0v) is 26.3. The van der Waals surface area contributed by atoms with Crippen LogP contribution in [0, 0.1) is 0 Å². The van der Waals surface area contributed by atoms with Gasteiger partial charge in [-0.3, -0.25) is 4.98 Å². The Hall–Kier alpha value is -6.59. The summed E-state index contributed by atoms with van der Waals surface area (Å²) in [5.74, 6) is 1.42. The molecule has 0 aliphatic carbocycles. The predicted octanol–water partition coefficient (Wildman–Crippen LogP) is 10.6. The summed E-state index contributed by atoms with van der Waals surface area (Å²) in [6.07, 6.45) is 3.28. The number of furan rings is 1. The van der Waals surface area contributed by atoms with Gasteiger partial charge in [-0.2, -0.15) is 0 Å². The monoisotopic (exact) mass is 628 g/mol. The highest BCUT2D eigenvalue weighted by Crippen LogP contribution is 2.42. The van der Waals surface area contributed by atoms with E-state index in [2.05, 4.69) is 132 Å². The lowest BCUT2D eigenvalue weighted by Crippen LogP contribution is -2.33. The van der Waals surface area contributed by atoms with E-state index >= 15 is 0 Å². The Morgan fingerprint density at radius 3 is 2.16 bits per heavy atom. The summed E-state index contributed by atoms with van der Waals surface area (Å²) in [5, 5.41) is 12.9. The summed E-state index contributed by atoms with van der Waals surface area (Å²) >= 11 is 0. The van der Waals surface area contributed by atoms with Crippen LogP contribution in [0.25, 0.3) is 65.4 Å². The van der Waals surface area contributed by atoms with E-state index in [1.807, 2.05) is 30.5 Å². The number of rotatable bonds is 4.